The molecule has 1 heterocycles. The molecule has 4 nitrogen and oxygen atoms in total. The molecule has 0 radical (unpaired) electrons. The molecule has 0 spiro atoms. The maximum Gasteiger partial charge on any atom is 0.234 e. The van der Waals surface area contributed by atoms with Crippen molar-refractivity contribution in [3.05, 3.63) is 35.9 Å². The fourth-order valence-electron chi connectivity index (χ4n) is 6.85. The molecule has 1 N–H and O–H groups in total. The predicted molar refractivity (Wildman–Crippen MR) is 123 cm³/mol. The number of fused-ring (bicyclic) bond motifs is 1. The molecular formula is C27H38N2O2. The fourth-order valence-corrected chi connectivity index (χ4v) is 6.85. The Morgan fingerprint density at radius 1 is 0.903 bits per heavy atom. The van der Waals surface area contributed by atoms with Gasteiger partial charge in [-0.3, -0.25) is 14.5 Å². The Balaban J connectivity index is 1.17. The summed E-state index contributed by atoms with van der Waals surface area (Å²) in [6, 6.07) is 10.9. The van der Waals surface area contributed by atoms with Crippen LogP contribution in [0.4, 0.5) is 0 Å². The molecule has 1 aliphatic heterocycles. The molecule has 4 atom stereocenters. The first-order valence-corrected chi connectivity index (χ1v) is 12.8. The first kappa shape index (κ1) is 21.2. The third-order valence-electron chi connectivity index (χ3n) is 8.85. The lowest BCUT2D eigenvalue weighted by atomic mass is 9.76. The molecular weight excluding hydrogens is 384 g/mol. The van der Waals surface area contributed by atoms with E-state index in [9.17, 15) is 9.59 Å². The van der Waals surface area contributed by atoms with Gasteiger partial charge in [0.2, 0.25) is 5.91 Å². The minimum Gasteiger partial charge on any atom is -0.351 e. The van der Waals surface area contributed by atoms with E-state index in [2.05, 4.69) is 40.5 Å². The quantitative estimate of drug-likeness (QED) is 0.732. The minimum absolute atomic E-state index is 0.0752. The van der Waals surface area contributed by atoms with Gasteiger partial charge in [-0.2, -0.15) is 0 Å². The van der Waals surface area contributed by atoms with Gasteiger partial charge in [0.1, 0.15) is 5.78 Å². The molecule has 4 unspecified atom stereocenters. The highest BCUT2D eigenvalue weighted by Crippen LogP contribution is 2.47. The molecule has 0 aromatic heterocycles. The number of hydrogen-bond acceptors (Lipinski definition) is 3. The van der Waals surface area contributed by atoms with E-state index in [0.29, 0.717) is 30.1 Å². The summed E-state index contributed by atoms with van der Waals surface area (Å²) >= 11 is 0. The lowest BCUT2D eigenvalue weighted by molar-refractivity contribution is -0.130. The van der Waals surface area contributed by atoms with Crippen LogP contribution in [0, 0.1) is 23.7 Å². The van der Waals surface area contributed by atoms with Crippen molar-refractivity contribution in [2.24, 2.45) is 23.7 Å². The van der Waals surface area contributed by atoms with Crippen molar-refractivity contribution in [2.45, 2.75) is 76.2 Å². The van der Waals surface area contributed by atoms with Crippen LogP contribution in [0.25, 0.3) is 0 Å². The van der Waals surface area contributed by atoms with Crippen molar-refractivity contribution in [1.29, 1.82) is 0 Å². The standard InChI is InChI=1S/C27H38N2O2/c30-25(18-29-15-13-20(14-16-29)19-7-2-1-3-8-19)28-26-23-12-5-4-9-22(23)17-24(26)27(31)21-10-6-11-21/h1-3,7-8,20-24,26H,4-6,9-18H2,(H,28,30). The maximum atomic E-state index is 13.2. The summed E-state index contributed by atoms with van der Waals surface area (Å²) in [7, 11) is 0. The Hall–Kier alpha value is -1.68. The highest BCUT2D eigenvalue weighted by Gasteiger charge is 2.49. The normalized spacial score (nSPS) is 32.3. The van der Waals surface area contributed by atoms with Crippen LogP contribution in [0.15, 0.2) is 30.3 Å². The molecule has 5 rings (SSSR count). The number of hydrogen-bond donors (Lipinski definition) is 1. The highest BCUT2D eigenvalue weighted by molar-refractivity contribution is 5.86. The van der Waals surface area contributed by atoms with Crippen LogP contribution < -0.4 is 5.32 Å². The van der Waals surface area contributed by atoms with E-state index < -0.39 is 0 Å². The van der Waals surface area contributed by atoms with E-state index in [0.717, 1.165) is 45.2 Å². The summed E-state index contributed by atoms with van der Waals surface area (Å²) in [5.41, 5.74) is 1.43. The Bertz CT molecular complexity index is 767. The van der Waals surface area contributed by atoms with Crippen molar-refractivity contribution in [3.8, 4) is 0 Å². The topological polar surface area (TPSA) is 49.4 Å². The van der Waals surface area contributed by atoms with Gasteiger partial charge in [0.25, 0.3) is 0 Å². The van der Waals surface area contributed by atoms with Gasteiger partial charge in [0, 0.05) is 17.9 Å². The van der Waals surface area contributed by atoms with E-state index in [1.54, 1.807) is 0 Å². The van der Waals surface area contributed by atoms with E-state index in [4.69, 9.17) is 0 Å². The van der Waals surface area contributed by atoms with E-state index in [1.165, 1.54) is 37.7 Å². The van der Waals surface area contributed by atoms with Crippen LogP contribution in [-0.2, 0) is 9.59 Å². The summed E-state index contributed by atoms with van der Waals surface area (Å²) in [5.74, 6) is 2.75. The molecule has 4 aliphatic rings. The van der Waals surface area contributed by atoms with Crippen LogP contribution in [0.5, 0.6) is 0 Å². The smallest absolute Gasteiger partial charge is 0.234 e. The summed E-state index contributed by atoms with van der Waals surface area (Å²) in [4.78, 5) is 28.5. The molecule has 3 aliphatic carbocycles. The molecule has 1 saturated heterocycles. The average Bonchev–Trinajstić information content (AvgIpc) is 3.12. The number of benzene rings is 1. The third kappa shape index (κ3) is 4.60. The first-order valence-electron chi connectivity index (χ1n) is 12.8. The number of amides is 1. The molecule has 1 amide bonds. The number of carbonyl (C=O) groups excluding carboxylic acids is 2. The molecule has 168 valence electrons. The molecule has 1 aromatic carbocycles. The van der Waals surface area contributed by atoms with E-state index >= 15 is 0 Å². The van der Waals surface area contributed by atoms with Crippen molar-refractivity contribution < 1.29 is 9.59 Å². The molecule has 1 aromatic rings. The van der Waals surface area contributed by atoms with Crippen LogP contribution >= 0.6 is 0 Å². The number of rotatable bonds is 6. The van der Waals surface area contributed by atoms with Crippen LogP contribution in [0.3, 0.4) is 0 Å². The van der Waals surface area contributed by atoms with Crippen LogP contribution in [0.2, 0.25) is 0 Å². The molecule has 3 saturated carbocycles. The Morgan fingerprint density at radius 2 is 1.65 bits per heavy atom. The zero-order chi connectivity index (χ0) is 21.2. The summed E-state index contributed by atoms with van der Waals surface area (Å²) in [6.45, 7) is 2.45. The van der Waals surface area contributed by atoms with Gasteiger partial charge >= 0.3 is 0 Å². The minimum atomic E-state index is 0.0752. The Morgan fingerprint density at radius 3 is 2.35 bits per heavy atom. The second kappa shape index (κ2) is 9.44. The number of likely N-dealkylation sites (tertiary alicyclic amines) is 1. The number of nitrogens with one attached hydrogen (secondary N) is 1. The van der Waals surface area contributed by atoms with Gasteiger partial charge in [0.15, 0.2) is 0 Å². The van der Waals surface area contributed by atoms with Gasteiger partial charge in [-0.25, -0.2) is 0 Å². The third-order valence-corrected chi connectivity index (χ3v) is 8.85. The summed E-state index contributed by atoms with van der Waals surface area (Å²) in [6.07, 6.45) is 11.6. The number of nitrogens with zero attached hydrogens (tertiary/aromatic N) is 1. The van der Waals surface area contributed by atoms with E-state index in [-0.39, 0.29) is 23.8 Å². The van der Waals surface area contributed by atoms with Crippen molar-refractivity contribution in [2.75, 3.05) is 19.6 Å². The van der Waals surface area contributed by atoms with Gasteiger partial charge in [-0.1, -0.05) is 56.0 Å². The number of ketones is 1. The maximum absolute atomic E-state index is 13.2. The molecule has 4 fully saturated rings. The fraction of sp³-hybridized carbons (Fsp3) is 0.704. The second-order valence-corrected chi connectivity index (χ2v) is 10.6. The Labute approximate surface area is 187 Å². The monoisotopic (exact) mass is 422 g/mol. The van der Waals surface area contributed by atoms with Crippen molar-refractivity contribution >= 4 is 11.7 Å². The second-order valence-electron chi connectivity index (χ2n) is 10.6. The summed E-state index contributed by atoms with van der Waals surface area (Å²) < 4.78 is 0. The van der Waals surface area contributed by atoms with Gasteiger partial charge in [0.05, 0.1) is 6.54 Å². The first-order chi connectivity index (χ1) is 15.2. The highest BCUT2D eigenvalue weighted by atomic mass is 16.2. The lowest BCUT2D eigenvalue weighted by Crippen LogP contribution is -2.50. The largest absolute Gasteiger partial charge is 0.351 e. The van der Waals surface area contributed by atoms with Crippen molar-refractivity contribution in [1.82, 2.24) is 10.2 Å². The Kier molecular flexibility index (Phi) is 6.45. The van der Waals surface area contributed by atoms with Crippen molar-refractivity contribution in [3.63, 3.8) is 0 Å². The van der Waals surface area contributed by atoms with Gasteiger partial charge in [-0.15, -0.1) is 0 Å². The van der Waals surface area contributed by atoms with Crippen LogP contribution in [0.1, 0.15) is 75.7 Å². The number of piperidine rings is 1. The van der Waals surface area contributed by atoms with Gasteiger partial charge in [-0.05, 0) is 74.9 Å². The summed E-state index contributed by atoms with van der Waals surface area (Å²) in [5, 5.41) is 3.40. The molecule has 4 heteroatoms. The number of carbonyl (C=O) groups is 2. The predicted octanol–water partition coefficient (Wildman–Crippen LogP) is 4.55. The van der Waals surface area contributed by atoms with Crippen LogP contribution in [-0.4, -0.2) is 42.3 Å². The zero-order valence-electron chi connectivity index (χ0n) is 18.8. The average molecular weight is 423 g/mol. The number of Topliss-reactive ketones (excluding diaryl/α,β-unsaturated/α-hetero) is 1. The molecule has 0 bridgehead atoms. The van der Waals surface area contributed by atoms with E-state index in [1.807, 2.05) is 0 Å². The molecule has 31 heavy (non-hydrogen) atoms. The SMILES string of the molecule is O=C(CN1CCC(c2ccccc2)CC1)NC1C(C(=O)C2CCC2)CC2CCCCC21. The zero-order valence-corrected chi connectivity index (χ0v) is 18.8. The van der Waals surface area contributed by atoms with Gasteiger partial charge < -0.3 is 5.32 Å². The lowest BCUT2D eigenvalue weighted by Gasteiger charge is -2.34.